The van der Waals surface area contributed by atoms with Crippen molar-refractivity contribution < 1.29 is 18.5 Å². The average Bonchev–Trinajstić information content (AvgIpc) is 2.98. The number of nitrogens with one attached hydrogen (secondary N) is 1. The molecule has 0 saturated heterocycles. The number of amides is 1. The molecule has 0 aliphatic heterocycles. The summed E-state index contributed by atoms with van der Waals surface area (Å²) in [5.74, 6) is -0.246. The summed E-state index contributed by atoms with van der Waals surface area (Å²) in [4.78, 5) is 21.4. The van der Waals surface area contributed by atoms with Gasteiger partial charge in [0.1, 0.15) is 10.7 Å². The third-order valence-electron chi connectivity index (χ3n) is 2.74. The van der Waals surface area contributed by atoms with E-state index in [0.717, 1.165) is 6.07 Å². The molecule has 0 bridgehead atoms. The van der Waals surface area contributed by atoms with Gasteiger partial charge in [0.25, 0.3) is 5.91 Å². The van der Waals surface area contributed by atoms with Crippen molar-refractivity contribution in [1.29, 1.82) is 0 Å². The van der Waals surface area contributed by atoms with Crippen LogP contribution in [0, 0.1) is 15.9 Å². The third-order valence-corrected chi connectivity index (χ3v) is 3.75. The van der Waals surface area contributed by atoms with Crippen LogP contribution in [0.3, 0.4) is 0 Å². The Hall–Kier alpha value is -2.35. The molecule has 0 spiro atoms. The van der Waals surface area contributed by atoms with Crippen molar-refractivity contribution in [2.75, 3.05) is 12.3 Å². The molecule has 2 aromatic rings. The van der Waals surface area contributed by atoms with Gasteiger partial charge in [0.2, 0.25) is 0 Å². The minimum atomic E-state index is -0.707. The molecule has 0 atom stereocenters. The fourth-order valence-corrected chi connectivity index (χ4v) is 2.51. The number of thioether (sulfide) groups is 1. The maximum atomic E-state index is 13.4. The molecule has 22 heavy (non-hydrogen) atoms. The van der Waals surface area contributed by atoms with E-state index in [1.807, 2.05) is 0 Å². The molecule has 0 radical (unpaired) electrons. The summed E-state index contributed by atoms with van der Waals surface area (Å²) < 4.78 is 18.1. The largest absolute Gasteiger partial charge is 0.433 e. The van der Waals surface area contributed by atoms with Crippen LogP contribution in [-0.4, -0.2) is 23.1 Å². The Morgan fingerprint density at radius 1 is 1.32 bits per heavy atom. The first kappa shape index (κ1) is 16.0. The van der Waals surface area contributed by atoms with Gasteiger partial charge in [-0.15, -0.1) is 0 Å². The van der Waals surface area contributed by atoms with E-state index in [1.54, 1.807) is 18.2 Å². The van der Waals surface area contributed by atoms with E-state index in [9.17, 15) is 19.3 Å². The second kappa shape index (κ2) is 7.60. The number of hydrogen-bond donors (Lipinski definition) is 1. The molecule has 1 aromatic carbocycles. The molecule has 2 rings (SSSR count). The highest BCUT2D eigenvalue weighted by molar-refractivity contribution is 7.98. The molecule has 1 heterocycles. The molecule has 0 saturated carbocycles. The first-order chi connectivity index (χ1) is 10.6. The first-order valence-electron chi connectivity index (χ1n) is 6.41. The van der Waals surface area contributed by atoms with Crippen molar-refractivity contribution in [1.82, 2.24) is 5.32 Å². The van der Waals surface area contributed by atoms with Crippen molar-refractivity contribution in [3.05, 3.63) is 63.7 Å². The highest BCUT2D eigenvalue weighted by Gasteiger charge is 2.16. The van der Waals surface area contributed by atoms with Gasteiger partial charge in [0, 0.05) is 18.1 Å². The Morgan fingerprint density at radius 3 is 2.77 bits per heavy atom. The SMILES string of the molecule is O=C(NCCSCc1ccccc1F)c1ccc([N+](=O)[O-])o1. The zero-order valence-corrected chi connectivity index (χ0v) is 12.3. The molecule has 6 nitrogen and oxygen atoms in total. The van der Waals surface area contributed by atoms with Gasteiger partial charge in [-0.05, 0) is 17.7 Å². The van der Waals surface area contributed by atoms with Gasteiger partial charge < -0.3 is 9.73 Å². The molecule has 0 unspecified atom stereocenters. The van der Waals surface area contributed by atoms with Crippen molar-refractivity contribution in [2.45, 2.75) is 5.75 Å². The van der Waals surface area contributed by atoms with Gasteiger partial charge in [-0.1, -0.05) is 18.2 Å². The number of nitrogens with zero attached hydrogens (tertiary/aromatic N) is 1. The van der Waals surface area contributed by atoms with Crippen LogP contribution >= 0.6 is 11.8 Å². The molecule has 8 heteroatoms. The Kier molecular flexibility index (Phi) is 5.54. The van der Waals surface area contributed by atoms with Crippen molar-refractivity contribution in [2.24, 2.45) is 0 Å². The highest BCUT2D eigenvalue weighted by atomic mass is 32.2. The summed E-state index contributed by atoms with van der Waals surface area (Å²) in [7, 11) is 0. The lowest BCUT2D eigenvalue weighted by Crippen LogP contribution is -2.25. The number of hydrogen-bond acceptors (Lipinski definition) is 5. The van der Waals surface area contributed by atoms with Gasteiger partial charge in [0.05, 0.1) is 6.07 Å². The highest BCUT2D eigenvalue weighted by Crippen LogP contribution is 2.16. The number of carbonyl (C=O) groups excluding carboxylic acids is 1. The van der Waals surface area contributed by atoms with E-state index in [1.165, 1.54) is 23.9 Å². The smallest absolute Gasteiger partial charge is 0.395 e. The van der Waals surface area contributed by atoms with Crippen LogP contribution in [0.4, 0.5) is 10.3 Å². The zero-order chi connectivity index (χ0) is 15.9. The lowest BCUT2D eigenvalue weighted by Gasteiger charge is -2.04. The van der Waals surface area contributed by atoms with E-state index < -0.39 is 16.7 Å². The normalized spacial score (nSPS) is 10.4. The van der Waals surface area contributed by atoms with E-state index >= 15 is 0 Å². The van der Waals surface area contributed by atoms with Crippen molar-refractivity contribution >= 4 is 23.6 Å². The van der Waals surface area contributed by atoms with Crippen LogP contribution < -0.4 is 5.32 Å². The predicted molar refractivity (Wildman–Crippen MR) is 80.3 cm³/mol. The number of nitro groups is 1. The van der Waals surface area contributed by atoms with E-state index in [2.05, 4.69) is 5.32 Å². The maximum Gasteiger partial charge on any atom is 0.433 e. The number of rotatable bonds is 7. The number of benzene rings is 1. The third kappa shape index (κ3) is 4.32. The minimum absolute atomic E-state index is 0.106. The molecule has 0 aliphatic carbocycles. The Labute approximate surface area is 129 Å². The minimum Gasteiger partial charge on any atom is -0.395 e. The van der Waals surface area contributed by atoms with Gasteiger partial charge in [-0.2, -0.15) is 11.8 Å². The summed E-state index contributed by atoms with van der Waals surface area (Å²) in [6.45, 7) is 0.354. The fraction of sp³-hybridized carbons (Fsp3) is 0.214. The Morgan fingerprint density at radius 2 is 2.09 bits per heavy atom. The summed E-state index contributed by atoms with van der Waals surface area (Å²) >= 11 is 1.47. The Balaban J connectivity index is 1.71. The standard InChI is InChI=1S/C14H13FN2O4S/c15-11-4-2-1-3-10(11)9-22-8-7-16-14(18)12-5-6-13(21-12)17(19)20/h1-6H,7-9H2,(H,16,18). The second-order valence-corrected chi connectivity index (χ2v) is 5.40. The molecule has 116 valence electrons. The summed E-state index contributed by atoms with van der Waals surface area (Å²) in [5.41, 5.74) is 0.612. The number of carbonyl (C=O) groups is 1. The molecule has 0 fully saturated rings. The molecule has 0 aliphatic rings. The van der Waals surface area contributed by atoms with E-state index in [-0.39, 0.29) is 11.6 Å². The zero-order valence-electron chi connectivity index (χ0n) is 11.5. The predicted octanol–water partition coefficient (Wildman–Crippen LogP) is 2.99. The van der Waals surface area contributed by atoms with Crippen LogP contribution in [0.1, 0.15) is 16.1 Å². The van der Waals surface area contributed by atoms with Gasteiger partial charge in [-0.25, -0.2) is 4.39 Å². The first-order valence-corrected chi connectivity index (χ1v) is 7.57. The summed E-state index contributed by atoms with van der Waals surface area (Å²) in [5, 5.41) is 13.0. The Bertz CT molecular complexity index is 674. The van der Waals surface area contributed by atoms with Crippen LogP contribution in [0.2, 0.25) is 0 Å². The monoisotopic (exact) mass is 324 g/mol. The molecular weight excluding hydrogens is 311 g/mol. The topological polar surface area (TPSA) is 85.4 Å². The fourth-order valence-electron chi connectivity index (χ4n) is 1.67. The van der Waals surface area contributed by atoms with Crippen LogP contribution in [0.5, 0.6) is 0 Å². The molecule has 1 aromatic heterocycles. The van der Waals surface area contributed by atoms with Crippen molar-refractivity contribution in [3.8, 4) is 0 Å². The summed E-state index contributed by atoms with van der Waals surface area (Å²) in [6, 6.07) is 8.89. The maximum absolute atomic E-state index is 13.4. The van der Waals surface area contributed by atoms with Crippen LogP contribution in [0.15, 0.2) is 40.8 Å². The number of furan rings is 1. The average molecular weight is 324 g/mol. The molecular formula is C14H13FN2O4S. The van der Waals surface area contributed by atoms with Crippen LogP contribution in [-0.2, 0) is 5.75 Å². The summed E-state index contributed by atoms with van der Waals surface area (Å²) in [6.07, 6.45) is 0. The van der Waals surface area contributed by atoms with Gasteiger partial charge in [0.15, 0.2) is 5.76 Å². The second-order valence-electron chi connectivity index (χ2n) is 4.29. The quantitative estimate of drug-likeness (QED) is 0.481. The lowest BCUT2D eigenvalue weighted by molar-refractivity contribution is -0.402. The van der Waals surface area contributed by atoms with Crippen molar-refractivity contribution in [3.63, 3.8) is 0 Å². The molecule has 1 amide bonds. The van der Waals surface area contributed by atoms with Gasteiger partial charge >= 0.3 is 5.88 Å². The van der Waals surface area contributed by atoms with Crippen LogP contribution in [0.25, 0.3) is 0 Å². The van der Waals surface area contributed by atoms with E-state index in [0.29, 0.717) is 23.6 Å². The number of halogens is 1. The lowest BCUT2D eigenvalue weighted by atomic mass is 10.2. The molecule has 1 N–H and O–H groups in total. The van der Waals surface area contributed by atoms with E-state index in [4.69, 9.17) is 4.42 Å². The van der Waals surface area contributed by atoms with Gasteiger partial charge in [-0.3, -0.25) is 14.9 Å².